The third kappa shape index (κ3) is 8.02. The number of aryl methyl sites for hydroxylation is 2. The van der Waals surface area contributed by atoms with E-state index in [4.69, 9.17) is 9.47 Å². The molecule has 1 atom stereocenters. The molecular formula is C35H39N3O6S. The Hall–Kier alpha value is -4.83. The summed E-state index contributed by atoms with van der Waals surface area (Å²) in [7, 11) is 0.114. The molecule has 0 aliphatic rings. The molecule has 0 saturated heterocycles. The lowest BCUT2D eigenvalue weighted by molar-refractivity contribution is -0.139. The Labute approximate surface area is 265 Å². The first-order valence-corrected chi connectivity index (χ1v) is 15.9. The first kappa shape index (κ1) is 33.1. The van der Waals surface area contributed by atoms with Gasteiger partial charge in [0.2, 0.25) is 11.8 Å². The van der Waals surface area contributed by atoms with Crippen LogP contribution in [0.4, 0.5) is 5.69 Å². The molecule has 2 amide bonds. The van der Waals surface area contributed by atoms with Crippen molar-refractivity contribution < 1.29 is 27.5 Å². The Kier molecular flexibility index (Phi) is 10.9. The summed E-state index contributed by atoms with van der Waals surface area (Å²) in [5.74, 6) is -0.291. The van der Waals surface area contributed by atoms with Crippen molar-refractivity contribution in [3.05, 3.63) is 119 Å². The van der Waals surface area contributed by atoms with Crippen LogP contribution < -0.4 is 19.1 Å². The Morgan fingerprint density at radius 3 is 2.07 bits per heavy atom. The van der Waals surface area contributed by atoms with Gasteiger partial charge in [0.15, 0.2) is 11.5 Å². The molecule has 0 aromatic heterocycles. The van der Waals surface area contributed by atoms with Crippen LogP contribution in [0.5, 0.6) is 11.5 Å². The number of methoxy groups -OCH3 is 2. The number of carbonyl (C=O) groups is 2. The molecular weight excluding hydrogens is 590 g/mol. The number of anilines is 1. The second-order valence-corrected chi connectivity index (χ2v) is 12.6. The standard InChI is InChI=1S/C35H39N3O6S/c1-25-14-16-29(17-15-25)38(45(41,42)30-18-19-32(43-4)33(22-30)44-5)24-34(39)37(23-28-13-9-10-26(2)20-28)31(35(40)36-3)21-27-11-7-6-8-12-27/h6-20,22,31H,21,23-24H2,1-5H3,(H,36,40)/t31-/m1/s1. The average molecular weight is 630 g/mol. The van der Waals surface area contributed by atoms with E-state index in [-0.39, 0.29) is 29.5 Å². The lowest BCUT2D eigenvalue weighted by Crippen LogP contribution is -2.53. The lowest BCUT2D eigenvalue weighted by Gasteiger charge is -2.33. The van der Waals surface area contributed by atoms with Gasteiger partial charge in [-0.05, 0) is 49.2 Å². The number of benzene rings is 4. The molecule has 4 rings (SSSR count). The number of hydrogen-bond acceptors (Lipinski definition) is 6. The van der Waals surface area contributed by atoms with E-state index >= 15 is 0 Å². The topological polar surface area (TPSA) is 105 Å². The summed E-state index contributed by atoms with van der Waals surface area (Å²) in [5, 5.41) is 2.70. The van der Waals surface area contributed by atoms with E-state index in [2.05, 4.69) is 5.32 Å². The zero-order valence-electron chi connectivity index (χ0n) is 26.2. The van der Waals surface area contributed by atoms with Crippen LogP contribution in [0.2, 0.25) is 0 Å². The fraction of sp³-hybridized carbons (Fsp3) is 0.257. The number of amides is 2. The summed E-state index contributed by atoms with van der Waals surface area (Å²) >= 11 is 0. The van der Waals surface area contributed by atoms with Gasteiger partial charge in [-0.25, -0.2) is 8.42 Å². The Morgan fingerprint density at radius 2 is 1.44 bits per heavy atom. The molecule has 0 fully saturated rings. The normalized spacial score (nSPS) is 11.8. The van der Waals surface area contributed by atoms with Gasteiger partial charge in [0.1, 0.15) is 12.6 Å². The molecule has 0 aliphatic heterocycles. The maximum atomic E-state index is 14.4. The average Bonchev–Trinajstić information content (AvgIpc) is 3.05. The highest BCUT2D eigenvalue weighted by molar-refractivity contribution is 7.92. The van der Waals surface area contributed by atoms with Crippen molar-refractivity contribution in [2.24, 2.45) is 0 Å². The molecule has 0 saturated carbocycles. The van der Waals surface area contributed by atoms with E-state index in [1.165, 1.54) is 44.4 Å². The molecule has 0 unspecified atom stereocenters. The predicted molar refractivity (Wildman–Crippen MR) is 175 cm³/mol. The highest BCUT2D eigenvalue weighted by Gasteiger charge is 2.34. The van der Waals surface area contributed by atoms with Gasteiger partial charge in [-0.15, -0.1) is 0 Å². The molecule has 0 aliphatic carbocycles. The minimum absolute atomic E-state index is 0.0779. The highest BCUT2D eigenvalue weighted by Crippen LogP contribution is 2.32. The van der Waals surface area contributed by atoms with E-state index in [1.807, 2.05) is 68.4 Å². The van der Waals surface area contributed by atoms with Crippen LogP contribution in [0.25, 0.3) is 0 Å². The maximum Gasteiger partial charge on any atom is 0.264 e. The highest BCUT2D eigenvalue weighted by atomic mass is 32.2. The number of sulfonamides is 1. The van der Waals surface area contributed by atoms with Crippen molar-refractivity contribution in [3.63, 3.8) is 0 Å². The van der Waals surface area contributed by atoms with Crippen molar-refractivity contribution in [2.75, 3.05) is 32.1 Å². The summed E-state index contributed by atoms with van der Waals surface area (Å²) < 4.78 is 40.3. The van der Waals surface area contributed by atoms with Crippen molar-refractivity contribution in [3.8, 4) is 11.5 Å². The van der Waals surface area contributed by atoms with Gasteiger partial charge in [0.25, 0.3) is 10.0 Å². The molecule has 0 spiro atoms. The van der Waals surface area contributed by atoms with Gasteiger partial charge in [-0.3, -0.25) is 13.9 Å². The van der Waals surface area contributed by atoms with Crippen LogP contribution in [0.1, 0.15) is 22.3 Å². The van der Waals surface area contributed by atoms with Gasteiger partial charge in [-0.1, -0.05) is 77.9 Å². The minimum Gasteiger partial charge on any atom is -0.493 e. The first-order chi connectivity index (χ1) is 21.6. The fourth-order valence-electron chi connectivity index (χ4n) is 5.07. The molecule has 236 valence electrons. The van der Waals surface area contributed by atoms with Gasteiger partial charge >= 0.3 is 0 Å². The van der Waals surface area contributed by atoms with Crippen LogP contribution in [0, 0.1) is 13.8 Å². The van der Waals surface area contributed by atoms with Crippen LogP contribution in [0.15, 0.2) is 102 Å². The SMILES string of the molecule is CNC(=O)[C@@H](Cc1ccccc1)N(Cc1cccc(C)c1)C(=O)CN(c1ccc(C)cc1)S(=O)(=O)c1ccc(OC)c(OC)c1. The maximum absolute atomic E-state index is 14.4. The van der Waals surface area contributed by atoms with Crippen LogP contribution in [-0.4, -0.2) is 59.0 Å². The quantitative estimate of drug-likeness (QED) is 0.226. The van der Waals surface area contributed by atoms with Crippen LogP contribution in [-0.2, 0) is 32.6 Å². The third-order valence-corrected chi connectivity index (χ3v) is 9.27. The van der Waals surface area contributed by atoms with Crippen LogP contribution in [0.3, 0.4) is 0 Å². The zero-order valence-corrected chi connectivity index (χ0v) is 27.0. The van der Waals surface area contributed by atoms with Gasteiger partial charge < -0.3 is 19.7 Å². The monoisotopic (exact) mass is 629 g/mol. The van der Waals surface area contributed by atoms with Gasteiger partial charge in [-0.2, -0.15) is 0 Å². The Balaban J connectivity index is 1.81. The number of nitrogens with one attached hydrogen (secondary N) is 1. The lowest BCUT2D eigenvalue weighted by atomic mass is 10.0. The summed E-state index contributed by atoms with van der Waals surface area (Å²) in [5.41, 5.74) is 3.91. The number of rotatable bonds is 13. The number of nitrogens with zero attached hydrogens (tertiary/aromatic N) is 2. The van der Waals surface area contributed by atoms with E-state index in [1.54, 1.807) is 24.3 Å². The molecule has 0 heterocycles. The Bertz CT molecular complexity index is 1730. The van der Waals surface area contributed by atoms with Gasteiger partial charge in [0.05, 0.1) is 24.8 Å². The summed E-state index contributed by atoms with van der Waals surface area (Å²) in [6.45, 7) is 3.39. The molecule has 45 heavy (non-hydrogen) atoms. The molecule has 9 nitrogen and oxygen atoms in total. The first-order valence-electron chi connectivity index (χ1n) is 14.5. The number of ether oxygens (including phenoxy) is 2. The molecule has 10 heteroatoms. The van der Waals surface area contributed by atoms with Crippen molar-refractivity contribution in [2.45, 2.75) is 37.8 Å². The van der Waals surface area contributed by atoms with E-state index in [9.17, 15) is 18.0 Å². The second kappa shape index (κ2) is 14.8. The number of carbonyl (C=O) groups excluding carboxylic acids is 2. The van der Waals surface area contributed by atoms with Crippen molar-refractivity contribution >= 4 is 27.5 Å². The summed E-state index contributed by atoms with van der Waals surface area (Å²) in [4.78, 5) is 29.2. The minimum atomic E-state index is -4.29. The zero-order chi connectivity index (χ0) is 32.6. The Morgan fingerprint density at radius 1 is 0.778 bits per heavy atom. The molecule has 4 aromatic rings. The summed E-state index contributed by atoms with van der Waals surface area (Å²) in [6.07, 6.45) is 0.241. The largest absolute Gasteiger partial charge is 0.493 e. The van der Waals surface area contributed by atoms with Crippen LogP contribution >= 0.6 is 0 Å². The third-order valence-electron chi connectivity index (χ3n) is 7.50. The van der Waals surface area contributed by atoms with Gasteiger partial charge in [0, 0.05) is 26.1 Å². The van der Waals surface area contributed by atoms with Crippen molar-refractivity contribution in [1.29, 1.82) is 0 Å². The van der Waals surface area contributed by atoms with E-state index < -0.39 is 28.5 Å². The second-order valence-electron chi connectivity index (χ2n) is 10.7. The van der Waals surface area contributed by atoms with E-state index in [0.717, 1.165) is 26.6 Å². The molecule has 4 aromatic carbocycles. The molecule has 1 N–H and O–H groups in total. The number of likely N-dealkylation sites (N-methyl/N-ethyl adjacent to an activating group) is 1. The molecule has 0 bridgehead atoms. The number of hydrogen-bond donors (Lipinski definition) is 1. The van der Waals surface area contributed by atoms with Crippen molar-refractivity contribution in [1.82, 2.24) is 10.2 Å². The van der Waals surface area contributed by atoms with E-state index in [0.29, 0.717) is 11.4 Å². The fourth-order valence-corrected chi connectivity index (χ4v) is 6.50. The molecule has 0 radical (unpaired) electrons. The summed E-state index contributed by atoms with van der Waals surface area (Å²) in [6, 6.07) is 27.3. The smallest absolute Gasteiger partial charge is 0.264 e. The predicted octanol–water partition coefficient (Wildman–Crippen LogP) is 4.90.